The van der Waals surface area contributed by atoms with E-state index in [9.17, 15) is 4.39 Å². The topological polar surface area (TPSA) is 89.0 Å². The molecule has 5 rings (SSSR count). The number of pyridine rings is 3. The minimum Gasteiger partial charge on any atom is -0.476 e. The Labute approximate surface area is 194 Å². The number of aromatic nitrogens is 5. The zero-order valence-electron chi connectivity index (χ0n) is 18.4. The van der Waals surface area contributed by atoms with Crippen molar-refractivity contribution in [2.45, 2.75) is 20.0 Å². The largest absolute Gasteiger partial charge is 0.476 e. The number of nitrogens with one attached hydrogen (secondary N) is 1. The van der Waals surface area contributed by atoms with Crippen molar-refractivity contribution in [3.8, 4) is 17.1 Å². The van der Waals surface area contributed by atoms with Gasteiger partial charge in [0.25, 0.3) is 0 Å². The average molecular weight is 461 g/mol. The maximum absolute atomic E-state index is 15.3. The van der Waals surface area contributed by atoms with Crippen LogP contribution in [0.3, 0.4) is 0 Å². The lowest BCUT2D eigenvalue weighted by Gasteiger charge is -2.22. The number of rotatable bonds is 5. The Morgan fingerprint density at radius 3 is 2.82 bits per heavy atom. The summed E-state index contributed by atoms with van der Waals surface area (Å²) in [4.78, 5) is 22.5. The van der Waals surface area contributed by atoms with Crippen LogP contribution in [0, 0.1) is 18.6 Å². The Hall–Kier alpha value is -4.21. The minimum absolute atomic E-state index is 0.0239. The number of ether oxygens (including phenoxy) is 1. The summed E-state index contributed by atoms with van der Waals surface area (Å²) >= 11 is 0. The summed E-state index contributed by atoms with van der Waals surface area (Å²) in [5.74, 6) is -0.336. The third-order valence-electron chi connectivity index (χ3n) is 5.41. The molecule has 0 amide bonds. The lowest BCUT2D eigenvalue weighted by Crippen LogP contribution is -2.27. The standard InChI is InChI=1S/C24H21F2N7O/c1-15-9-17(4-6-27-15)21-19(25)10-16(11-29-21)12-30-22-20(26)23(32-14-31-22)33-7-8-34-24-18(13-33)3-2-5-28-24/h2-6,9-11,14H,7-8,12-13H2,1H3,(H,30,31,32). The second-order valence-electron chi connectivity index (χ2n) is 7.81. The van der Waals surface area contributed by atoms with Crippen molar-refractivity contribution >= 4 is 11.6 Å². The Morgan fingerprint density at radius 1 is 1.06 bits per heavy atom. The van der Waals surface area contributed by atoms with Crippen molar-refractivity contribution in [1.29, 1.82) is 0 Å². The third-order valence-corrected chi connectivity index (χ3v) is 5.41. The summed E-state index contributed by atoms with van der Waals surface area (Å²) in [6.45, 7) is 3.17. The van der Waals surface area contributed by atoms with E-state index >= 15 is 4.39 Å². The van der Waals surface area contributed by atoms with Gasteiger partial charge in [-0.3, -0.25) is 9.97 Å². The molecule has 0 spiro atoms. The van der Waals surface area contributed by atoms with Gasteiger partial charge >= 0.3 is 0 Å². The predicted molar refractivity (Wildman–Crippen MR) is 122 cm³/mol. The van der Waals surface area contributed by atoms with E-state index < -0.39 is 11.6 Å². The summed E-state index contributed by atoms with van der Waals surface area (Å²) < 4.78 is 35.6. The highest BCUT2D eigenvalue weighted by atomic mass is 19.1. The van der Waals surface area contributed by atoms with Crippen molar-refractivity contribution in [1.82, 2.24) is 24.9 Å². The van der Waals surface area contributed by atoms with E-state index in [0.717, 1.165) is 11.3 Å². The quantitative estimate of drug-likeness (QED) is 0.478. The maximum Gasteiger partial charge on any atom is 0.218 e. The van der Waals surface area contributed by atoms with Crippen molar-refractivity contribution in [2.75, 3.05) is 23.4 Å². The lowest BCUT2D eigenvalue weighted by molar-refractivity contribution is 0.318. The van der Waals surface area contributed by atoms with Crippen molar-refractivity contribution in [3.63, 3.8) is 0 Å². The van der Waals surface area contributed by atoms with Crippen LogP contribution in [0.1, 0.15) is 16.8 Å². The molecule has 172 valence electrons. The van der Waals surface area contributed by atoms with Crippen LogP contribution in [-0.4, -0.2) is 38.1 Å². The van der Waals surface area contributed by atoms with Crippen molar-refractivity contribution in [3.05, 3.63) is 83.7 Å². The number of halogens is 2. The summed E-state index contributed by atoms with van der Waals surface area (Å²) in [6, 6.07) is 8.54. The highest BCUT2D eigenvalue weighted by Crippen LogP contribution is 2.27. The highest BCUT2D eigenvalue weighted by molar-refractivity contribution is 5.60. The van der Waals surface area contributed by atoms with Gasteiger partial charge in [0.1, 0.15) is 24.4 Å². The molecular formula is C24H21F2N7O. The molecule has 34 heavy (non-hydrogen) atoms. The molecule has 0 aliphatic carbocycles. The van der Waals surface area contributed by atoms with Crippen molar-refractivity contribution in [2.24, 2.45) is 0 Å². The maximum atomic E-state index is 15.3. The summed E-state index contributed by atoms with van der Waals surface area (Å²) in [7, 11) is 0. The number of fused-ring (bicyclic) bond motifs is 1. The smallest absolute Gasteiger partial charge is 0.218 e. The van der Waals surface area contributed by atoms with Gasteiger partial charge < -0.3 is 15.0 Å². The summed E-state index contributed by atoms with van der Waals surface area (Å²) in [6.07, 6.45) is 6.12. The molecule has 0 saturated carbocycles. The Bertz CT molecular complexity index is 1330. The normalized spacial score (nSPS) is 13.1. The van der Waals surface area contributed by atoms with E-state index in [1.54, 1.807) is 35.6 Å². The first-order chi connectivity index (χ1) is 16.6. The van der Waals surface area contributed by atoms with Gasteiger partial charge in [0, 0.05) is 48.5 Å². The molecule has 4 aromatic rings. The summed E-state index contributed by atoms with van der Waals surface area (Å²) in [5.41, 5.74) is 3.06. The molecule has 1 N–H and O–H groups in total. The molecule has 1 aliphatic heterocycles. The first-order valence-corrected chi connectivity index (χ1v) is 10.7. The fourth-order valence-corrected chi connectivity index (χ4v) is 3.76. The number of aryl methyl sites for hydroxylation is 1. The monoisotopic (exact) mass is 461 g/mol. The number of hydrogen-bond acceptors (Lipinski definition) is 8. The Balaban J connectivity index is 1.32. The van der Waals surface area contributed by atoms with Crippen molar-refractivity contribution < 1.29 is 13.5 Å². The van der Waals surface area contributed by atoms with Gasteiger partial charge in [0.05, 0.1) is 6.54 Å². The second kappa shape index (κ2) is 9.34. The molecule has 0 bridgehead atoms. The molecule has 4 aromatic heterocycles. The number of nitrogens with zero attached hydrogens (tertiary/aromatic N) is 6. The third kappa shape index (κ3) is 4.47. The van der Waals surface area contributed by atoms with E-state index in [0.29, 0.717) is 36.7 Å². The van der Waals surface area contributed by atoms with Crippen LogP contribution in [0.25, 0.3) is 11.3 Å². The first-order valence-electron chi connectivity index (χ1n) is 10.7. The van der Waals surface area contributed by atoms with Gasteiger partial charge in [-0.2, -0.15) is 4.39 Å². The SMILES string of the molecule is Cc1cc(-c2ncc(CNc3ncnc(N4CCOc5ncccc5C4)c3F)cc2F)ccn1. The lowest BCUT2D eigenvalue weighted by atomic mass is 10.1. The second-order valence-corrected chi connectivity index (χ2v) is 7.81. The van der Waals surface area contributed by atoms with Crippen LogP contribution >= 0.6 is 0 Å². The molecule has 0 atom stereocenters. The van der Waals surface area contributed by atoms with Crippen LogP contribution in [0.4, 0.5) is 20.4 Å². The van der Waals surface area contributed by atoms with Gasteiger partial charge in [-0.15, -0.1) is 0 Å². The molecular weight excluding hydrogens is 440 g/mol. The van der Waals surface area contributed by atoms with E-state index in [2.05, 4.69) is 30.2 Å². The summed E-state index contributed by atoms with van der Waals surface area (Å²) in [5, 5.41) is 2.93. The minimum atomic E-state index is -0.591. The van der Waals surface area contributed by atoms with Gasteiger partial charge in [0.15, 0.2) is 11.6 Å². The predicted octanol–water partition coefficient (Wildman–Crippen LogP) is 3.93. The molecule has 8 nitrogen and oxygen atoms in total. The Morgan fingerprint density at radius 2 is 1.97 bits per heavy atom. The number of hydrogen-bond donors (Lipinski definition) is 1. The van der Waals surface area contributed by atoms with E-state index in [4.69, 9.17) is 4.74 Å². The zero-order chi connectivity index (χ0) is 23.5. The number of anilines is 2. The van der Waals surface area contributed by atoms with Crippen LogP contribution in [0.2, 0.25) is 0 Å². The molecule has 5 heterocycles. The first kappa shape index (κ1) is 21.6. The molecule has 0 fully saturated rings. The Kier molecular flexibility index (Phi) is 5.94. The van der Waals surface area contributed by atoms with Crippen LogP contribution in [0.5, 0.6) is 5.88 Å². The average Bonchev–Trinajstić information content (AvgIpc) is 3.06. The van der Waals surface area contributed by atoms with E-state index in [-0.39, 0.29) is 23.9 Å². The van der Waals surface area contributed by atoms with Gasteiger partial charge in [-0.1, -0.05) is 6.07 Å². The van der Waals surface area contributed by atoms with E-state index in [1.165, 1.54) is 12.4 Å². The molecule has 0 saturated heterocycles. The fourth-order valence-electron chi connectivity index (χ4n) is 3.76. The van der Waals surface area contributed by atoms with Crippen LogP contribution in [-0.2, 0) is 13.1 Å². The molecule has 0 aromatic carbocycles. The molecule has 0 radical (unpaired) electrons. The molecule has 0 unspecified atom stereocenters. The van der Waals surface area contributed by atoms with Crippen LogP contribution in [0.15, 0.2) is 55.2 Å². The zero-order valence-corrected chi connectivity index (χ0v) is 18.4. The van der Waals surface area contributed by atoms with Crippen LogP contribution < -0.4 is 15.0 Å². The van der Waals surface area contributed by atoms with E-state index in [1.807, 2.05) is 19.1 Å². The molecule has 1 aliphatic rings. The van der Waals surface area contributed by atoms with Gasteiger partial charge in [-0.05, 0) is 36.8 Å². The highest BCUT2D eigenvalue weighted by Gasteiger charge is 2.22. The van der Waals surface area contributed by atoms with Gasteiger partial charge in [0.2, 0.25) is 11.7 Å². The fraction of sp³-hybridized carbons (Fsp3) is 0.208. The molecule has 10 heteroatoms. The van der Waals surface area contributed by atoms with Gasteiger partial charge in [-0.25, -0.2) is 19.3 Å².